The van der Waals surface area contributed by atoms with Crippen molar-refractivity contribution >= 4 is 40.0 Å². The lowest BCUT2D eigenvalue weighted by molar-refractivity contribution is -0.113. The zero-order chi connectivity index (χ0) is 21.0. The van der Waals surface area contributed by atoms with Crippen LogP contribution < -0.4 is 10.6 Å². The van der Waals surface area contributed by atoms with Gasteiger partial charge in [-0.3, -0.25) is 9.59 Å². The average Bonchev–Trinajstić information content (AvgIpc) is 3.25. The van der Waals surface area contributed by atoms with Crippen LogP contribution in [-0.4, -0.2) is 37.3 Å². The molecule has 0 radical (unpaired) electrons. The van der Waals surface area contributed by atoms with Gasteiger partial charge in [-0.15, -0.1) is 21.5 Å². The van der Waals surface area contributed by atoms with Crippen LogP contribution in [0.4, 0.5) is 9.52 Å². The smallest absolute Gasteiger partial charge is 0.254 e. The number of anilines is 1. The second-order valence-electron chi connectivity index (χ2n) is 6.21. The Morgan fingerprint density at radius 1 is 1.31 bits per heavy atom. The number of rotatable bonds is 7. The van der Waals surface area contributed by atoms with E-state index in [1.165, 1.54) is 41.3 Å². The Morgan fingerprint density at radius 2 is 2.07 bits per heavy atom. The lowest BCUT2D eigenvalue weighted by atomic mass is 10.2. The molecule has 2 amide bonds. The van der Waals surface area contributed by atoms with E-state index in [9.17, 15) is 14.0 Å². The quantitative estimate of drug-likeness (QED) is 0.555. The molecule has 0 fully saturated rings. The molecular weight excluding hydrogens is 415 g/mol. The van der Waals surface area contributed by atoms with Gasteiger partial charge in [0.1, 0.15) is 5.82 Å². The first-order valence-corrected chi connectivity index (χ1v) is 10.5. The zero-order valence-corrected chi connectivity index (χ0v) is 17.6. The van der Waals surface area contributed by atoms with Crippen LogP contribution in [0.2, 0.25) is 0 Å². The molecule has 0 spiro atoms. The van der Waals surface area contributed by atoms with E-state index in [1.54, 1.807) is 24.6 Å². The number of aryl methyl sites for hydroxylation is 1. The average molecular weight is 435 g/mol. The Bertz CT molecular complexity index is 1040. The van der Waals surface area contributed by atoms with Gasteiger partial charge in [0.15, 0.2) is 16.1 Å². The molecule has 8 nitrogen and oxygen atoms in total. The highest BCUT2D eigenvalue weighted by atomic mass is 32.2. The van der Waals surface area contributed by atoms with E-state index in [4.69, 9.17) is 0 Å². The maximum Gasteiger partial charge on any atom is 0.254 e. The number of nitrogens with zero attached hydrogens (tertiary/aromatic N) is 4. The molecule has 152 valence electrons. The number of thiazole rings is 1. The third-order valence-corrected chi connectivity index (χ3v) is 5.82. The van der Waals surface area contributed by atoms with Crippen molar-refractivity contribution in [3.63, 3.8) is 0 Å². The number of carbonyl (C=O) groups is 2. The van der Waals surface area contributed by atoms with Gasteiger partial charge in [0, 0.05) is 12.4 Å². The maximum absolute atomic E-state index is 13.8. The molecule has 1 aromatic carbocycles. The predicted octanol–water partition coefficient (Wildman–Crippen LogP) is 2.94. The number of nitrogens with one attached hydrogen (secondary N) is 2. The van der Waals surface area contributed by atoms with Crippen LogP contribution in [0.5, 0.6) is 0 Å². The summed E-state index contributed by atoms with van der Waals surface area (Å²) in [4.78, 5) is 28.5. The highest BCUT2D eigenvalue weighted by molar-refractivity contribution is 7.99. The first kappa shape index (κ1) is 20.9. The Labute approximate surface area is 174 Å². The summed E-state index contributed by atoms with van der Waals surface area (Å²) in [5, 5.41) is 16.5. The first-order valence-electron chi connectivity index (χ1n) is 8.64. The molecule has 11 heteroatoms. The van der Waals surface area contributed by atoms with Crippen LogP contribution in [0.15, 0.2) is 34.8 Å². The molecule has 0 aliphatic heterocycles. The molecule has 0 saturated heterocycles. The Morgan fingerprint density at radius 3 is 2.76 bits per heavy atom. The van der Waals surface area contributed by atoms with Gasteiger partial charge in [0.2, 0.25) is 5.91 Å². The number of aromatic nitrogens is 4. The van der Waals surface area contributed by atoms with E-state index in [2.05, 4.69) is 25.8 Å². The Hall–Kier alpha value is -2.79. The summed E-state index contributed by atoms with van der Waals surface area (Å²) in [6, 6.07) is 5.26. The molecule has 2 N–H and O–H groups in total. The lowest BCUT2D eigenvalue weighted by Crippen LogP contribution is -2.29. The van der Waals surface area contributed by atoms with E-state index in [-0.39, 0.29) is 17.2 Å². The van der Waals surface area contributed by atoms with Gasteiger partial charge < -0.3 is 15.2 Å². The zero-order valence-electron chi connectivity index (χ0n) is 16.0. The lowest BCUT2D eigenvalue weighted by Gasteiger charge is -2.14. The summed E-state index contributed by atoms with van der Waals surface area (Å²) in [6.07, 6.45) is 0. The number of halogens is 1. The van der Waals surface area contributed by atoms with Crippen molar-refractivity contribution < 1.29 is 14.0 Å². The van der Waals surface area contributed by atoms with E-state index in [1.807, 2.05) is 12.3 Å². The highest BCUT2D eigenvalue weighted by Gasteiger charge is 2.20. The minimum atomic E-state index is -0.590. The molecule has 29 heavy (non-hydrogen) atoms. The van der Waals surface area contributed by atoms with Crippen molar-refractivity contribution in [2.24, 2.45) is 7.05 Å². The van der Waals surface area contributed by atoms with Crippen LogP contribution in [0, 0.1) is 12.7 Å². The number of thioether (sulfide) groups is 1. The number of carbonyl (C=O) groups excluding carboxylic acids is 2. The van der Waals surface area contributed by atoms with Gasteiger partial charge in [0.05, 0.1) is 23.1 Å². The minimum Gasteiger partial charge on any atom is -0.342 e. The van der Waals surface area contributed by atoms with Crippen LogP contribution >= 0.6 is 23.1 Å². The van der Waals surface area contributed by atoms with E-state index >= 15 is 0 Å². The van der Waals surface area contributed by atoms with Crippen molar-refractivity contribution in [2.75, 3.05) is 11.1 Å². The fourth-order valence-electron chi connectivity index (χ4n) is 2.51. The fraction of sp³-hybridized carbons (Fsp3) is 0.278. The van der Waals surface area contributed by atoms with Gasteiger partial charge >= 0.3 is 0 Å². The summed E-state index contributed by atoms with van der Waals surface area (Å²) < 4.78 is 15.5. The molecule has 1 unspecified atom stereocenters. The van der Waals surface area contributed by atoms with Gasteiger partial charge in [-0.2, -0.15) is 0 Å². The highest BCUT2D eigenvalue weighted by Crippen LogP contribution is 2.21. The maximum atomic E-state index is 13.8. The largest absolute Gasteiger partial charge is 0.342 e. The molecule has 3 aromatic rings. The van der Waals surface area contributed by atoms with Gasteiger partial charge in [0.25, 0.3) is 5.91 Å². The van der Waals surface area contributed by atoms with Crippen molar-refractivity contribution in [3.8, 4) is 0 Å². The normalized spacial score (nSPS) is 11.9. The van der Waals surface area contributed by atoms with Crippen LogP contribution in [0.1, 0.15) is 34.8 Å². The van der Waals surface area contributed by atoms with Crippen molar-refractivity contribution in [2.45, 2.75) is 25.0 Å². The summed E-state index contributed by atoms with van der Waals surface area (Å²) in [5.41, 5.74) is 0.813. The van der Waals surface area contributed by atoms with Crippen molar-refractivity contribution in [1.29, 1.82) is 0 Å². The third-order valence-electron chi connectivity index (χ3n) is 3.92. The second-order valence-corrected chi connectivity index (χ2v) is 8.01. The molecule has 0 bridgehead atoms. The topological polar surface area (TPSA) is 102 Å². The Kier molecular flexibility index (Phi) is 6.60. The molecule has 0 aliphatic carbocycles. The monoisotopic (exact) mass is 434 g/mol. The molecule has 2 aromatic heterocycles. The third kappa shape index (κ3) is 5.18. The van der Waals surface area contributed by atoms with Crippen LogP contribution in [0.3, 0.4) is 0 Å². The van der Waals surface area contributed by atoms with E-state index in [0.29, 0.717) is 16.1 Å². The van der Waals surface area contributed by atoms with E-state index < -0.39 is 17.8 Å². The molecule has 2 heterocycles. The first-order chi connectivity index (χ1) is 13.8. The molecular formula is C18H19FN6O2S2. The summed E-state index contributed by atoms with van der Waals surface area (Å²) in [5.74, 6) is -0.692. The SMILES string of the molecule is Cc1csc(NC(=O)CSc2nnc(C(C)NC(=O)c3ccccc3F)n2C)n1. The molecule has 1 atom stereocenters. The number of amides is 2. The number of hydrogen-bond donors (Lipinski definition) is 2. The molecule has 0 saturated carbocycles. The van der Waals surface area contributed by atoms with Crippen molar-refractivity contribution in [1.82, 2.24) is 25.1 Å². The summed E-state index contributed by atoms with van der Waals surface area (Å²) in [6.45, 7) is 3.59. The van der Waals surface area contributed by atoms with E-state index in [0.717, 1.165) is 5.69 Å². The second kappa shape index (κ2) is 9.14. The van der Waals surface area contributed by atoms with Gasteiger partial charge in [-0.05, 0) is 26.0 Å². The number of hydrogen-bond acceptors (Lipinski definition) is 7. The molecule has 3 rings (SSSR count). The predicted molar refractivity (Wildman–Crippen MR) is 109 cm³/mol. The van der Waals surface area contributed by atoms with Gasteiger partial charge in [-0.25, -0.2) is 9.37 Å². The standard InChI is InChI=1S/C18H19FN6O2S2/c1-10-8-28-17(20-10)22-14(26)9-29-18-24-23-15(25(18)3)11(2)21-16(27)12-6-4-5-7-13(12)19/h4-8,11H,9H2,1-3H3,(H,21,27)(H,20,22,26). The van der Waals surface area contributed by atoms with Crippen molar-refractivity contribution in [3.05, 3.63) is 52.5 Å². The Balaban J connectivity index is 1.59. The molecule has 0 aliphatic rings. The summed E-state index contributed by atoms with van der Waals surface area (Å²) >= 11 is 2.58. The summed E-state index contributed by atoms with van der Waals surface area (Å²) in [7, 11) is 1.74. The van der Waals surface area contributed by atoms with Gasteiger partial charge in [-0.1, -0.05) is 23.9 Å². The van der Waals surface area contributed by atoms with Crippen LogP contribution in [0.25, 0.3) is 0 Å². The number of benzene rings is 1. The fourth-order valence-corrected chi connectivity index (χ4v) is 3.93. The van der Waals surface area contributed by atoms with Crippen LogP contribution in [-0.2, 0) is 11.8 Å². The minimum absolute atomic E-state index is 0.0368.